The molecule has 1 spiro atoms. The molecule has 0 aromatic heterocycles. The molecule has 4 nitrogen and oxygen atoms in total. The van der Waals surface area contributed by atoms with Gasteiger partial charge in [0.15, 0.2) is 0 Å². The van der Waals surface area contributed by atoms with Crippen LogP contribution in [-0.4, -0.2) is 66.6 Å². The Balaban J connectivity index is 1.48. The highest BCUT2D eigenvalue weighted by Crippen LogP contribution is 2.50. The molecule has 1 amide bonds. The van der Waals surface area contributed by atoms with Crippen LogP contribution in [0.25, 0.3) is 0 Å². The van der Waals surface area contributed by atoms with Gasteiger partial charge in [0.05, 0.1) is 25.2 Å². The molecule has 3 fully saturated rings. The molecule has 6 heteroatoms. The highest BCUT2D eigenvalue weighted by atomic mass is 19.3. The molecule has 0 radical (unpaired) electrons. The lowest BCUT2D eigenvalue weighted by atomic mass is 9.87. The summed E-state index contributed by atoms with van der Waals surface area (Å²) in [5, 5.41) is 0. The molecular formula is C19H28F2N2O2. The largest absolute Gasteiger partial charge is 0.373 e. The van der Waals surface area contributed by atoms with E-state index in [9.17, 15) is 13.6 Å². The summed E-state index contributed by atoms with van der Waals surface area (Å²) in [6.45, 7) is 6.04. The van der Waals surface area contributed by atoms with Crippen LogP contribution in [0.2, 0.25) is 0 Å². The van der Waals surface area contributed by atoms with Gasteiger partial charge < -0.3 is 9.64 Å². The van der Waals surface area contributed by atoms with E-state index >= 15 is 0 Å². The predicted octanol–water partition coefficient (Wildman–Crippen LogP) is 2.53. The first-order chi connectivity index (χ1) is 11.9. The lowest BCUT2D eigenvalue weighted by Crippen LogP contribution is -2.47. The molecule has 1 aliphatic carbocycles. The van der Waals surface area contributed by atoms with Gasteiger partial charge in [0, 0.05) is 44.9 Å². The van der Waals surface area contributed by atoms with E-state index in [4.69, 9.17) is 4.74 Å². The number of alkyl halides is 2. The van der Waals surface area contributed by atoms with Gasteiger partial charge in [-0.15, -0.1) is 5.92 Å². The van der Waals surface area contributed by atoms with Crippen LogP contribution in [0.5, 0.6) is 0 Å². The summed E-state index contributed by atoms with van der Waals surface area (Å²) in [4.78, 5) is 16.6. The molecule has 1 unspecified atom stereocenters. The molecule has 0 aromatic carbocycles. The minimum absolute atomic E-state index is 0.0216. The topological polar surface area (TPSA) is 32.8 Å². The number of likely N-dealkylation sites (tertiary alicyclic amines) is 1. The number of nitrogens with zero attached hydrogens (tertiary/aromatic N) is 2. The third kappa shape index (κ3) is 4.71. The second-order valence-electron chi connectivity index (χ2n) is 7.52. The van der Waals surface area contributed by atoms with Gasteiger partial charge in [0.25, 0.3) is 5.92 Å². The van der Waals surface area contributed by atoms with Crippen molar-refractivity contribution < 1.29 is 18.3 Å². The van der Waals surface area contributed by atoms with Crippen molar-refractivity contribution in [2.24, 2.45) is 5.92 Å². The van der Waals surface area contributed by atoms with E-state index in [0.717, 1.165) is 38.9 Å². The minimum Gasteiger partial charge on any atom is -0.373 e. The van der Waals surface area contributed by atoms with Crippen LogP contribution in [-0.2, 0) is 9.53 Å². The molecule has 25 heavy (non-hydrogen) atoms. The smallest absolute Gasteiger partial charge is 0.251 e. The summed E-state index contributed by atoms with van der Waals surface area (Å²) >= 11 is 0. The van der Waals surface area contributed by atoms with Gasteiger partial charge in [-0.3, -0.25) is 9.69 Å². The SMILES string of the molecule is CCC#CCN1CCC2(CC1)CC(=O)N(CCC1CC1(F)F)CCO2. The molecule has 2 heterocycles. The number of hydrogen-bond donors (Lipinski definition) is 0. The van der Waals surface area contributed by atoms with E-state index in [-0.39, 0.29) is 17.9 Å². The minimum atomic E-state index is -2.50. The van der Waals surface area contributed by atoms with E-state index < -0.39 is 11.8 Å². The quantitative estimate of drug-likeness (QED) is 0.728. The van der Waals surface area contributed by atoms with E-state index in [1.807, 2.05) is 6.92 Å². The Hall–Kier alpha value is -1.19. The van der Waals surface area contributed by atoms with E-state index in [2.05, 4.69) is 16.7 Å². The molecular weight excluding hydrogens is 326 g/mol. The van der Waals surface area contributed by atoms with E-state index in [1.54, 1.807) is 4.90 Å². The van der Waals surface area contributed by atoms with Crippen LogP contribution in [0, 0.1) is 17.8 Å². The molecule has 140 valence electrons. The zero-order chi connectivity index (χ0) is 17.9. The number of piperidine rings is 1. The van der Waals surface area contributed by atoms with Gasteiger partial charge in [0.2, 0.25) is 5.91 Å². The number of carbonyl (C=O) groups excluding carboxylic acids is 1. The maximum absolute atomic E-state index is 13.0. The van der Waals surface area contributed by atoms with Gasteiger partial charge in [0.1, 0.15) is 0 Å². The fourth-order valence-corrected chi connectivity index (χ4v) is 3.80. The number of amides is 1. The predicted molar refractivity (Wildman–Crippen MR) is 91.3 cm³/mol. The van der Waals surface area contributed by atoms with Gasteiger partial charge in [-0.05, 0) is 19.3 Å². The van der Waals surface area contributed by atoms with Gasteiger partial charge in [-0.1, -0.05) is 12.8 Å². The van der Waals surface area contributed by atoms with Crippen molar-refractivity contribution in [3.05, 3.63) is 0 Å². The van der Waals surface area contributed by atoms with Crippen LogP contribution in [0.1, 0.15) is 45.4 Å². The fraction of sp³-hybridized carbons (Fsp3) is 0.842. The molecule has 1 atom stereocenters. The van der Waals surface area contributed by atoms with Crippen LogP contribution in [0.15, 0.2) is 0 Å². The van der Waals surface area contributed by atoms with Crippen molar-refractivity contribution in [2.75, 3.05) is 39.3 Å². The third-order valence-corrected chi connectivity index (χ3v) is 5.67. The third-order valence-electron chi connectivity index (χ3n) is 5.67. The Bertz CT molecular complexity index is 547. The summed E-state index contributed by atoms with van der Waals surface area (Å²) in [5.74, 6) is 3.27. The van der Waals surface area contributed by atoms with Crippen molar-refractivity contribution in [3.8, 4) is 11.8 Å². The van der Waals surface area contributed by atoms with Gasteiger partial charge in [-0.25, -0.2) is 8.78 Å². The van der Waals surface area contributed by atoms with Crippen LogP contribution < -0.4 is 0 Å². The highest BCUT2D eigenvalue weighted by Gasteiger charge is 2.56. The van der Waals surface area contributed by atoms with Crippen LogP contribution >= 0.6 is 0 Å². The fourth-order valence-electron chi connectivity index (χ4n) is 3.80. The number of carbonyl (C=O) groups is 1. The lowest BCUT2D eigenvalue weighted by molar-refractivity contribution is -0.135. The van der Waals surface area contributed by atoms with E-state index in [0.29, 0.717) is 32.5 Å². The molecule has 3 rings (SSSR count). The normalized spacial score (nSPS) is 28.4. The van der Waals surface area contributed by atoms with Crippen molar-refractivity contribution in [1.29, 1.82) is 0 Å². The maximum Gasteiger partial charge on any atom is 0.251 e. The second kappa shape index (κ2) is 7.59. The molecule has 3 aliphatic rings. The Morgan fingerprint density at radius 3 is 2.60 bits per heavy atom. The van der Waals surface area contributed by atoms with Crippen molar-refractivity contribution >= 4 is 5.91 Å². The lowest BCUT2D eigenvalue weighted by Gasteiger charge is -2.39. The summed E-state index contributed by atoms with van der Waals surface area (Å²) in [5.41, 5.74) is -0.371. The van der Waals surface area contributed by atoms with Gasteiger partial charge in [-0.2, -0.15) is 0 Å². The molecule has 0 bridgehead atoms. The average Bonchev–Trinajstić information content (AvgIpc) is 3.22. The first-order valence-electron chi connectivity index (χ1n) is 9.42. The summed E-state index contributed by atoms with van der Waals surface area (Å²) in [7, 11) is 0. The maximum atomic E-state index is 13.0. The first kappa shape index (κ1) is 18.6. The molecule has 0 N–H and O–H groups in total. The zero-order valence-electron chi connectivity index (χ0n) is 15.0. The summed E-state index contributed by atoms with van der Waals surface area (Å²) in [6.07, 6.45) is 3.30. The summed E-state index contributed by atoms with van der Waals surface area (Å²) in [6, 6.07) is 0. The van der Waals surface area contributed by atoms with E-state index in [1.165, 1.54) is 0 Å². The van der Waals surface area contributed by atoms with Crippen LogP contribution in [0.3, 0.4) is 0 Å². The first-order valence-corrected chi connectivity index (χ1v) is 9.42. The Morgan fingerprint density at radius 1 is 1.24 bits per heavy atom. The second-order valence-corrected chi connectivity index (χ2v) is 7.52. The summed E-state index contributed by atoms with van der Waals surface area (Å²) < 4.78 is 32.1. The Kier molecular flexibility index (Phi) is 5.65. The van der Waals surface area contributed by atoms with Gasteiger partial charge >= 0.3 is 0 Å². The standard InChI is InChI=1S/C19H28F2N2O2/c1-2-3-4-8-22-10-6-18(7-11-22)15-17(24)23(12-13-25-18)9-5-16-14-19(16,20)21/h16H,2,5-15H2,1H3. The Labute approximate surface area is 148 Å². The number of halogens is 2. The van der Waals surface area contributed by atoms with Crippen LogP contribution in [0.4, 0.5) is 8.78 Å². The number of hydrogen-bond acceptors (Lipinski definition) is 3. The highest BCUT2D eigenvalue weighted by molar-refractivity contribution is 5.77. The monoisotopic (exact) mass is 354 g/mol. The molecule has 1 saturated carbocycles. The molecule has 2 saturated heterocycles. The van der Waals surface area contributed by atoms with Crippen molar-refractivity contribution in [3.63, 3.8) is 0 Å². The molecule has 2 aliphatic heterocycles. The molecule has 0 aromatic rings. The zero-order valence-corrected chi connectivity index (χ0v) is 15.0. The van der Waals surface area contributed by atoms with Crippen molar-refractivity contribution in [2.45, 2.75) is 57.0 Å². The Morgan fingerprint density at radius 2 is 1.96 bits per heavy atom. The number of ether oxygens (including phenoxy) is 1. The average molecular weight is 354 g/mol. The van der Waals surface area contributed by atoms with Crippen molar-refractivity contribution in [1.82, 2.24) is 9.80 Å². The number of rotatable bonds is 4.